The Hall–Kier alpha value is -0.170. The molecule has 0 N–H and O–H groups in total. The van der Waals surface area contributed by atoms with Crippen molar-refractivity contribution >= 4 is 11.8 Å². The minimum atomic E-state index is 0.724. The molecule has 1 aliphatic rings. The highest BCUT2D eigenvalue weighted by Gasteiger charge is 2.02. The zero-order valence-electron chi connectivity index (χ0n) is 5.92. The monoisotopic (exact) mass is 140 g/mol. The Bertz CT molecular complexity index is 143. The molecule has 0 aliphatic carbocycles. The fourth-order valence-corrected chi connectivity index (χ4v) is 1.62. The Morgan fingerprint density at radius 2 is 2.33 bits per heavy atom. The summed E-state index contributed by atoms with van der Waals surface area (Å²) in [5.41, 5.74) is 1.56. The van der Waals surface area contributed by atoms with Crippen LogP contribution < -0.4 is 0 Å². The predicted molar refractivity (Wildman–Crippen MR) is 44.3 cm³/mol. The summed E-state index contributed by atoms with van der Waals surface area (Å²) in [7, 11) is 0. The van der Waals surface area contributed by atoms with Crippen LogP contribution in [0.2, 0.25) is 0 Å². The molecule has 1 heterocycles. The van der Waals surface area contributed by atoms with Gasteiger partial charge in [0.2, 0.25) is 0 Å². The lowest BCUT2D eigenvalue weighted by atomic mass is 10.0. The maximum Gasteiger partial charge on any atom is -0.0120 e. The van der Waals surface area contributed by atoms with E-state index < -0.39 is 0 Å². The highest BCUT2D eigenvalue weighted by atomic mass is 32.2. The third-order valence-electron chi connectivity index (χ3n) is 1.49. The van der Waals surface area contributed by atoms with E-state index in [1.807, 2.05) is 0 Å². The first-order chi connectivity index (χ1) is 4.30. The van der Waals surface area contributed by atoms with Gasteiger partial charge in [-0.15, -0.1) is 11.8 Å². The van der Waals surface area contributed by atoms with Gasteiger partial charge in [0.15, 0.2) is 0 Å². The van der Waals surface area contributed by atoms with E-state index in [9.17, 15) is 0 Å². The van der Waals surface area contributed by atoms with Gasteiger partial charge in [0.1, 0.15) is 0 Å². The minimum absolute atomic E-state index is 0.724. The minimum Gasteiger partial charge on any atom is -0.106 e. The Morgan fingerprint density at radius 3 is 2.67 bits per heavy atom. The zero-order chi connectivity index (χ0) is 6.69. The third kappa shape index (κ3) is 1.90. The van der Waals surface area contributed by atoms with Crippen molar-refractivity contribution in [2.45, 2.75) is 20.3 Å². The molecule has 9 heavy (non-hydrogen) atoms. The average Bonchev–Trinajstić information content (AvgIpc) is 1.90. The van der Waals surface area contributed by atoms with Crippen LogP contribution in [0.25, 0.3) is 0 Å². The SMILES string of the molecule is CC(C)C1=CSC=CC1. The lowest BCUT2D eigenvalue weighted by molar-refractivity contribution is 0.749. The van der Waals surface area contributed by atoms with E-state index in [4.69, 9.17) is 0 Å². The van der Waals surface area contributed by atoms with Gasteiger partial charge in [-0.3, -0.25) is 0 Å². The molecule has 0 aromatic carbocycles. The molecular weight excluding hydrogens is 128 g/mol. The first kappa shape index (κ1) is 6.94. The first-order valence-corrected chi connectivity index (χ1v) is 4.24. The van der Waals surface area contributed by atoms with Gasteiger partial charge < -0.3 is 0 Å². The molecule has 0 saturated carbocycles. The van der Waals surface area contributed by atoms with Crippen LogP contribution in [0.15, 0.2) is 22.5 Å². The summed E-state index contributed by atoms with van der Waals surface area (Å²) in [6, 6.07) is 0. The maximum atomic E-state index is 2.25. The van der Waals surface area contributed by atoms with Gasteiger partial charge in [0, 0.05) is 0 Å². The van der Waals surface area contributed by atoms with E-state index in [0.717, 1.165) is 12.3 Å². The van der Waals surface area contributed by atoms with E-state index in [1.54, 1.807) is 17.3 Å². The lowest BCUT2D eigenvalue weighted by Gasteiger charge is -2.10. The van der Waals surface area contributed by atoms with E-state index in [2.05, 4.69) is 30.7 Å². The van der Waals surface area contributed by atoms with Gasteiger partial charge >= 0.3 is 0 Å². The Labute approximate surface area is 61.0 Å². The number of rotatable bonds is 1. The Balaban J connectivity index is 2.50. The van der Waals surface area contributed by atoms with E-state index in [1.165, 1.54) is 0 Å². The van der Waals surface area contributed by atoms with E-state index in [0.29, 0.717) is 0 Å². The van der Waals surface area contributed by atoms with E-state index >= 15 is 0 Å². The largest absolute Gasteiger partial charge is 0.106 e. The van der Waals surface area contributed by atoms with Gasteiger partial charge in [-0.2, -0.15) is 0 Å². The van der Waals surface area contributed by atoms with Crippen LogP contribution >= 0.6 is 11.8 Å². The van der Waals surface area contributed by atoms with Crippen molar-refractivity contribution in [3.8, 4) is 0 Å². The third-order valence-corrected chi connectivity index (χ3v) is 2.28. The van der Waals surface area contributed by atoms with Crippen LogP contribution in [-0.4, -0.2) is 0 Å². The predicted octanol–water partition coefficient (Wildman–Crippen LogP) is 3.18. The normalized spacial score (nSPS) is 18.3. The molecule has 0 spiro atoms. The second-order valence-electron chi connectivity index (χ2n) is 2.56. The molecule has 50 valence electrons. The molecule has 1 aliphatic heterocycles. The second-order valence-corrected chi connectivity index (χ2v) is 3.34. The van der Waals surface area contributed by atoms with Crippen molar-refractivity contribution in [1.29, 1.82) is 0 Å². The van der Waals surface area contributed by atoms with Crippen molar-refractivity contribution in [3.05, 3.63) is 22.5 Å². The zero-order valence-corrected chi connectivity index (χ0v) is 6.74. The molecule has 0 atom stereocenters. The molecule has 0 fully saturated rings. The van der Waals surface area contributed by atoms with Crippen LogP contribution in [0, 0.1) is 5.92 Å². The van der Waals surface area contributed by atoms with E-state index in [-0.39, 0.29) is 0 Å². The van der Waals surface area contributed by atoms with Crippen molar-refractivity contribution in [2.24, 2.45) is 5.92 Å². The average molecular weight is 140 g/mol. The standard InChI is InChI=1S/C8H12S/c1-7(2)8-4-3-5-9-6-8/h3,5-7H,4H2,1-2H3. The molecule has 0 amide bonds. The second kappa shape index (κ2) is 3.11. The smallest absolute Gasteiger partial charge is 0.0120 e. The molecule has 0 nitrogen and oxygen atoms in total. The van der Waals surface area contributed by atoms with Crippen LogP contribution in [0.4, 0.5) is 0 Å². The highest BCUT2D eigenvalue weighted by molar-refractivity contribution is 8.04. The number of thioether (sulfide) groups is 1. The molecule has 0 unspecified atom stereocenters. The molecule has 1 rings (SSSR count). The summed E-state index contributed by atoms with van der Waals surface area (Å²) in [6.45, 7) is 4.48. The Kier molecular flexibility index (Phi) is 2.40. The topological polar surface area (TPSA) is 0 Å². The van der Waals surface area contributed by atoms with Gasteiger partial charge in [-0.1, -0.05) is 25.5 Å². The van der Waals surface area contributed by atoms with Gasteiger partial charge in [0.25, 0.3) is 0 Å². The van der Waals surface area contributed by atoms with Gasteiger partial charge in [-0.25, -0.2) is 0 Å². The molecule has 0 radical (unpaired) electrons. The quantitative estimate of drug-likeness (QED) is 0.539. The number of hydrogen-bond acceptors (Lipinski definition) is 1. The van der Waals surface area contributed by atoms with Gasteiger partial charge in [-0.05, 0) is 23.2 Å². The van der Waals surface area contributed by atoms with Crippen molar-refractivity contribution in [1.82, 2.24) is 0 Å². The molecule has 0 bridgehead atoms. The summed E-state index contributed by atoms with van der Waals surface area (Å²) in [6.07, 6.45) is 3.38. The Morgan fingerprint density at radius 1 is 1.56 bits per heavy atom. The van der Waals surface area contributed by atoms with Crippen LogP contribution in [0.3, 0.4) is 0 Å². The summed E-state index contributed by atoms with van der Waals surface area (Å²) in [5, 5.41) is 4.40. The molecule has 0 aromatic rings. The molecule has 1 heteroatoms. The van der Waals surface area contributed by atoms with Gasteiger partial charge in [0.05, 0.1) is 0 Å². The summed E-state index contributed by atoms with van der Waals surface area (Å²) < 4.78 is 0. The fourth-order valence-electron chi connectivity index (χ4n) is 0.786. The van der Waals surface area contributed by atoms with Crippen molar-refractivity contribution < 1.29 is 0 Å². The molecule has 0 saturated heterocycles. The van der Waals surface area contributed by atoms with Crippen LogP contribution in [0.5, 0.6) is 0 Å². The number of allylic oxidation sites excluding steroid dienone is 2. The van der Waals surface area contributed by atoms with Crippen molar-refractivity contribution in [3.63, 3.8) is 0 Å². The maximum absolute atomic E-state index is 2.25. The molecule has 0 aromatic heterocycles. The fraction of sp³-hybridized carbons (Fsp3) is 0.500. The summed E-state index contributed by atoms with van der Waals surface area (Å²) in [4.78, 5) is 0. The number of hydrogen-bond donors (Lipinski definition) is 0. The first-order valence-electron chi connectivity index (χ1n) is 3.30. The summed E-state index contributed by atoms with van der Waals surface area (Å²) in [5.74, 6) is 0.724. The van der Waals surface area contributed by atoms with Crippen molar-refractivity contribution in [2.75, 3.05) is 0 Å². The summed E-state index contributed by atoms with van der Waals surface area (Å²) >= 11 is 1.79. The van der Waals surface area contributed by atoms with Crippen LogP contribution in [-0.2, 0) is 0 Å². The lowest BCUT2D eigenvalue weighted by Crippen LogP contribution is -1.92. The highest BCUT2D eigenvalue weighted by Crippen LogP contribution is 2.24. The van der Waals surface area contributed by atoms with Crippen LogP contribution in [0.1, 0.15) is 20.3 Å². The molecular formula is C8H12S.